The number of carbonyl (C=O) groups is 1. The smallest absolute Gasteiger partial charge is 0.254 e. The fourth-order valence-electron chi connectivity index (χ4n) is 3.00. The number of amides is 1. The number of hydrogen-bond donors (Lipinski definition) is 1. The highest BCUT2D eigenvalue weighted by Crippen LogP contribution is 2.41. The molecular weight excluding hydrogens is 345 g/mol. The molecule has 1 N–H and O–H groups in total. The lowest BCUT2D eigenvalue weighted by Crippen LogP contribution is -2.41. The number of hydrogen-bond acceptors (Lipinski definition) is 3. The Morgan fingerprint density at radius 1 is 1.32 bits per heavy atom. The van der Waals surface area contributed by atoms with Crippen molar-refractivity contribution in [2.24, 2.45) is 0 Å². The molecular formula is C19H19ClFNO3. The molecule has 6 heteroatoms. The first-order chi connectivity index (χ1) is 11.8. The summed E-state index contributed by atoms with van der Waals surface area (Å²) in [4.78, 5) is 12.5. The first-order valence-corrected chi connectivity index (χ1v) is 8.30. The molecule has 1 heterocycles. The number of halogens is 2. The molecule has 4 nitrogen and oxygen atoms in total. The summed E-state index contributed by atoms with van der Waals surface area (Å²) in [7, 11) is 1.58. The molecule has 0 fully saturated rings. The van der Waals surface area contributed by atoms with E-state index >= 15 is 0 Å². The van der Waals surface area contributed by atoms with Crippen molar-refractivity contribution in [3.63, 3.8) is 0 Å². The van der Waals surface area contributed by atoms with Gasteiger partial charge in [-0.25, -0.2) is 4.39 Å². The molecule has 0 aromatic heterocycles. The van der Waals surface area contributed by atoms with Crippen LogP contribution in [0.3, 0.4) is 0 Å². The van der Waals surface area contributed by atoms with Crippen molar-refractivity contribution in [3.05, 3.63) is 58.4 Å². The Balaban J connectivity index is 1.90. The minimum atomic E-state index is -0.647. The number of methoxy groups -OCH3 is 1. The van der Waals surface area contributed by atoms with Crippen molar-refractivity contribution in [1.29, 1.82) is 0 Å². The van der Waals surface area contributed by atoms with Crippen molar-refractivity contribution in [1.82, 2.24) is 5.32 Å². The van der Waals surface area contributed by atoms with Crippen molar-refractivity contribution in [2.75, 3.05) is 7.11 Å². The lowest BCUT2D eigenvalue weighted by molar-refractivity contribution is 0.0616. The molecule has 0 spiro atoms. The SMILES string of the molecule is COc1ccc2c(c1)OC(C)(C)C[C@@H]2NC(=O)c1ccc(Cl)cc1F. The summed E-state index contributed by atoms with van der Waals surface area (Å²) < 4.78 is 25.2. The molecule has 2 aromatic carbocycles. The quantitative estimate of drug-likeness (QED) is 0.872. The number of rotatable bonds is 3. The van der Waals surface area contributed by atoms with Crippen LogP contribution in [0.4, 0.5) is 4.39 Å². The molecule has 3 rings (SSSR count). The largest absolute Gasteiger partial charge is 0.497 e. The van der Waals surface area contributed by atoms with Gasteiger partial charge in [0.2, 0.25) is 0 Å². The van der Waals surface area contributed by atoms with E-state index in [2.05, 4.69) is 5.32 Å². The van der Waals surface area contributed by atoms with Crippen LogP contribution in [0.15, 0.2) is 36.4 Å². The Labute approximate surface area is 150 Å². The molecule has 1 aliphatic rings. The summed E-state index contributed by atoms with van der Waals surface area (Å²) in [6.07, 6.45) is 0.563. The van der Waals surface area contributed by atoms with Gasteiger partial charge in [-0.2, -0.15) is 0 Å². The van der Waals surface area contributed by atoms with E-state index in [0.29, 0.717) is 17.9 Å². The maximum absolute atomic E-state index is 14.0. The summed E-state index contributed by atoms with van der Waals surface area (Å²) in [6, 6.07) is 9.15. The molecule has 1 aliphatic heterocycles. The maximum atomic E-state index is 14.0. The Morgan fingerprint density at radius 3 is 2.76 bits per heavy atom. The number of ether oxygens (including phenoxy) is 2. The van der Waals surface area contributed by atoms with E-state index in [1.165, 1.54) is 12.1 Å². The average Bonchev–Trinajstić information content (AvgIpc) is 2.52. The highest BCUT2D eigenvalue weighted by atomic mass is 35.5. The Hall–Kier alpha value is -2.27. The average molecular weight is 364 g/mol. The zero-order valence-corrected chi connectivity index (χ0v) is 15.0. The van der Waals surface area contributed by atoms with Crippen molar-refractivity contribution < 1.29 is 18.7 Å². The molecule has 1 atom stereocenters. The normalized spacial score (nSPS) is 18.0. The van der Waals surface area contributed by atoms with Crippen LogP contribution in [0.25, 0.3) is 0 Å². The summed E-state index contributed by atoms with van der Waals surface area (Å²) in [5, 5.41) is 3.15. The van der Waals surface area contributed by atoms with Gasteiger partial charge in [0.25, 0.3) is 5.91 Å². The van der Waals surface area contributed by atoms with Gasteiger partial charge in [-0.05, 0) is 44.2 Å². The lowest BCUT2D eigenvalue weighted by Gasteiger charge is -2.38. The highest BCUT2D eigenvalue weighted by molar-refractivity contribution is 6.30. The maximum Gasteiger partial charge on any atom is 0.254 e. The first-order valence-electron chi connectivity index (χ1n) is 7.92. The lowest BCUT2D eigenvalue weighted by atomic mass is 9.89. The number of fused-ring (bicyclic) bond motifs is 1. The van der Waals surface area contributed by atoms with E-state index in [9.17, 15) is 9.18 Å². The summed E-state index contributed by atoms with van der Waals surface area (Å²) in [6.45, 7) is 3.88. The minimum Gasteiger partial charge on any atom is -0.497 e. The van der Waals surface area contributed by atoms with Crippen LogP contribution in [0.5, 0.6) is 11.5 Å². The fraction of sp³-hybridized carbons (Fsp3) is 0.316. The van der Waals surface area contributed by atoms with E-state index in [-0.39, 0.29) is 16.6 Å². The van der Waals surface area contributed by atoms with Crippen LogP contribution >= 0.6 is 11.6 Å². The molecule has 132 valence electrons. The van der Waals surface area contributed by atoms with Gasteiger partial charge in [-0.15, -0.1) is 0 Å². The minimum absolute atomic E-state index is 0.0382. The van der Waals surface area contributed by atoms with E-state index in [1.807, 2.05) is 26.0 Å². The fourth-order valence-corrected chi connectivity index (χ4v) is 3.16. The van der Waals surface area contributed by atoms with Gasteiger partial charge in [-0.1, -0.05) is 11.6 Å². The molecule has 1 amide bonds. The van der Waals surface area contributed by atoms with Gasteiger partial charge in [0.15, 0.2) is 0 Å². The standard InChI is InChI=1S/C19H19ClFNO3/c1-19(2)10-16(14-7-5-12(24-3)9-17(14)25-19)22-18(23)13-6-4-11(20)8-15(13)21/h4-9,16H,10H2,1-3H3,(H,22,23)/t16-/m0/s1. The second-order valence-electron chi connectivity index (χ2n) is 6.62. The predicted octanol–water partition coefficient (Wildman–Crippen LogP) is 4.52. The van der Waals surface area contributed by atoms with E-state index < -0.39 is 17.3 Å². The molecule has 2 aromatic rings. The molecule has 25 heavy (non-hydrogen) atoms. The van der Waals surface area contributed by atoms with Crippen LogP contribution in [0, 0.1) is 5.82 Å². The molecule has 0 aliphatic carbocycles. The van der Waals surface area contributed by atoms with Gasteiger partial charge in [0.1, 0.15) is 22.9 Å². The summed E-state index contributed by atoms with van der Waals surface area (Å²) in [5.41, 5.74) is 0.321. The topological polar surface area (TPSA) is 47.6 Å². The third kappa shape index (κ3) is 3.71. The van der Waals surface area contributed by atoms with Gasteiger partial charge in [0.05, 0.1) is 18.7 Å². The molecule has 0 unspecified atom stereocenters. The summed E-state index contributed by atoms with van der Waals surface area (Å²) in [5.74, 6) is 0.188. The van der Waals surface area contributed by atoms with Crippen LogP contribution in [-0.2, 0) is 0 Å². The van der Waals surface area contributed by atoms with Crippen LogP contribution in [0.1, 0.15) is 42.2 Å². The van der Waals surface area contributed by atoms with Gasteiger partial charge in [0, 0.05) is 23.1 Å². The Bertz CT molecular complexity index is 822. The van der Waals surface area contributed by atoms with Crippen LogP contribution in [0.2, 0.25) is 5.02 Å². The van der Waals surface area contributed by atoms with Crippen molar-refractivity contribution in [2.45, 2.75) is 31.9 Å². The molecule has 0 bridgehead atoms. The Morgan fingerprint density at radius 2 is 2.08 bits per heavy atom. The number of benzene rings is 2. The first kappa shape index (κ1) is 17.5. The third-order valence-electron chi connectivity index (χ3n) is 4.16. The highest BCUT2D eigenvalue weighted by Gasteiger charge is 2.35. The summed E-state index contributed by atoms with van der Waals surface area (Å²) >= 11 is 5.75. The Kier molecular flexibility index (Phi) is 4.60. The second kappa shape index (κ2) is 6.56. The van der Waals surface area contributed by atoms with Crippen LogP contribution in [-0.4, -0.2) is 18.6 Å². The predicted molar refractivity (Wildman–Crippen MR) is 93.9 cm³/mol. The van der Waals surface area contributed by atoms with E-state index in [1.54, 1.807) is 13.2 Å². The number of carbonyl (C=O) groups excluding carboxylic acids is 1. The number of nitrogens with one attached hydrogen (secondary N) is 1. The van der Waals surface area contributed by atoms with Gasteiger partial charge >= 0.3 is 0 Å². The van der Waals surface area contributed by atoms with E-state index in [4.69, 9.17) is 21.1 Å². The van der Waals surface area contributed by atoms with Gasteiger partial charge in [-0.3, -0.25) is 4.79 Å². The zero-order valence-electron chi connectivity index (χ0n) is 14.2. The zero-order chi connectivity index (χ0) is 18.2. The van der Waals surface area contributed by atoms with Crippen LogP contribution < -0.4 is 14.8 Å². The van der Waals surface area contributed by atoms with Gasteiger partial charge < -0.3 is 14.8 Å². The monoisotopic (exact) mass is 363 g/mol. The van der Waals surface area contributed by atoms with E-state index in [0.717, 1.165) is 11.6 Å². The molecule has 0 saturated carbocycles. The second-order valence-corrected chi connectivity index (χ2v) is 7.06. The third-order valence-corrected chi connectivity index (χ3v) is 4.39. The molecule has 0 radical (unpaired) electrons. The van der Waals surface area contributed by atoms with Crippen molar-refractivity contribution >= 4 is 17.5 Å². The molecule has 0 saturated heterocycles. The van der Waals surface area contributed by atoms with Crippen molar-refractivity contribution in [3.8, 4) is 11.5 Å².